The van der Waals surface area contributed by atoms with Gasteiger partial charge in [-0.05, 0) is 18.4 Å². The Bertz CT molecular complexity index is 411. The molecule has 1 aromatic rings. The molecule has 16 heavy (non-hydrogen) atoms. The Balaban J connectivity index is 1.76. The van der Waals surface area contributed by atoms with Crippen LogP contribution in [0.4, 0.5) is 0 Å². The largest absolute Gasteiger partial charge is 0.336 e. The van der Waals surface area contributed by atoms with E-state index in [0.717, 1.165) is 12.8 Å². The summed E-state index contributed by atoms with van der Waals surface area (Å²) in [6.45, 7) is 1.42. The fraction of sp³-hybridized carbons (Fsp3) is 0.462. The summed E-state index contributed by atoms with van der Waals surface area (Å²) in [6.07, 6.45) is 1.97. The molecule has 1 heterocycles. The number of benzene rings is 1. The molecule has 1 atom stereocenters. The van der Waals surface area contributed by atoms with E-state index in [1.807, 2.05) is 23.1 Å². The van der Waals surface area contributed by atoms with Crippen LogP contribution < -0.4 is 5.73 Å². The first kappa shape index (κ1) is 9.85. The minimum absolute atomic E-state index is 0.0451. The van der Waals surface area contributed by atoms with Crippen LogP contribution in [0.15, 0.2) is 30.3 Å². The van der Waals surface area contributed by atoms with E-state index in [4.69, 9.17) is 5.73 Å². The van der Waals surface area contributed by atoms with E-state index in [2.05, 4.69) is 12.1 Å². The van der Waals surface area contributed by atoms with Crippen LogP contribution in [-0.2, 0) is 11.3 Å². The third-order valence-electron chi connectivity index (χ3n) is 3.84. The standard InChI is InChI=1S/C13H16N2O/c14-11-9-15(12(16)13(11)6-7-13)8-10-4-2-1-3-5-10/h1-5,11H,6-9,14H2/t11-/m0/s1. The molecular formula is C13H16N2O. The lowest BCUT2D eigenvalue weighted by atomic mass is 10.0. The number of amides is 1. The van der Waals surface area contributed by atoms with Crippen molar-refractivity contribution in [1.29, 1.82) is 0 Å². The molecule has 1 aliphatic carbocycles. The van der Waals surface area contributed by atoms with E-state index in [-0.39, 0.29) is 17.4 Å². The molecule has 1 amide bonds. The first-order valence-corrected chi connectivity index (χ1v) is 5.81. The molecule has 2 fully saturated rings. The van der Waals surface area contributed by atoms with Crippen LogP contribution in [-0.4, -0.2) is 23.4 Å². The van der Waals surface area contributed by atoms with Crippen molar-refractivity contribution in [2.24, 2.45) is 11.1 Å². The van der Waals surface area contributed by atoms with Crippen molar-refractivity contribution in [3.05, 3.63) is 35.9 Å². The molecule has 0 radical (unpaired) electrons. The summed E-state index contributed by atoms with van der Waals surface area (Å²) in [5.74, 6) is 0.267. The third kappa shape index (κ3) is 1.35. The highest BCUT2D eigenvalue weighted by molar-refractivity contribution is 5.88. The van der Waals surface area contributed by atoms with Crippen molar-refractivity contribution in [2.75, 3.05) is 6.54 Å². The zero-order chi connectivity index (χ0) is 11.2. The van der Waals surface area contributed by atoms with Crippen molar-refractivity contribution in [3.8, 4) is 0 Å². The quantitative estimate of drug-likeness (QED) is 0.805. The van der Waals surface area contributed by atoms with Crippen molar-refractivity contribution < 1.29 is 4.79 Å². The number of carbonyl (C=O) groups excluding carboxylic acids is 1. The lowest BCUT2D eigenvalue weighted by Crippen LogP contribution is -2.31. The Morgan fingerprint density at radius 1 is 1.31 bits per heavy atom. The third-order valence-corrected chi connectivity index (χ3v) is 3.84. The molecule has 2 aliphatic rings. The molecule has 0 aromatic heterocycles. The van der Waals surface area contributed by atoms with Gasteiger partial charge >= 0.3 is 0 Å². The Morgan fingerprint density at radius 3 is 2.56 bits per heavy atom. The molecule has 1 aliphatic heterocycles. The summed E-state index contributed by atoms with van der Waals surface area (Å²) >= 11 is 0. The van der Waals surface area contributed by atoms with Crippen LogP contribution in [0.1, 0.15) is 18.4 Å². The highest BCUT2D eigenvalue weighted by atomic mass is 16.2. The maximum Gasteiger partial charge on any atom is 0.230 e. The second-order valence-corrected chi connectivity index (χ2v) is 4.93. The van der Waals surface area contributed by atoms with Crippen molar-refractivity contribution in [3.63, 3.8) is 0 Å². The number of hydrogen-bond acceptors (Lipinski definition) is 2. The highest BCUT2D eigenvalue weighted by Gasteiger charge is 2.60. The average Bonchev–Trinajstić information content (AvgIpc) is 3.06. The lowest BCUT2D eigenvalue weighted by Gasteiger charge is -2.16. The van der Waals surface area contributed by atoms with E-state index >= 15 is 0 Å². The molecule has 3 nitrogen and oxygen atoms in total. The van der Waals surface area contributed by atoms with E-state index < -0.39 is 0 Å². The molecular weight excluding hydrogens is 200 g/mol. The molecule has 1 aromatic carbocycles. The molecule has 1 saturated carbocycles. The second-order valence-electron chi connectivity index (χ2n) is 4.93. The molecule has 2 N–H and O–H groups in total. The molecule has 3 heteroatoms. The number of rotatable bonds is 2. The summed E-state index contributed by atoms with van der Waals surface area (Å²) in [5.41, 5.74) is 7.06. The maximum atomic E-state index is 12.2. The van der Waals surface area contributed by atoms with Gasteiger partial charge < -0.3 is 10.6 Å². The SMILES string of the molecule is N[C@H]1CN(Cc2ccccc2)C(=O)C12CC2. The van der Waals surface area contributed by atoms with Crippen LogP contribution in [0.25, 0.3) is 0 Å². The van der Waals surface area contributed by atoms with Crippen molar-refractivity contribution in [2.45, 2.75) is 25.4 Å². The van der Waals surface area contributed by atoms with Crippen molar-refractivity contribution in [1.82, 2.24) is 4.90 Å². The fourth-order valence-electron chi connectivity index (χ4n) is 2.63. The van der Waals surface area contributed by atoms with Gasteiger partial charge in [0.25, 0.3) is 0 Å². The van der Waals surface area contributed by atoms with Gasteiger partial charge in [0.15, 0.2) is 0 Å². The van der Waals surface area contributed by atoms with Gasteiger partial charge in [0.2, 0.25) is 5.91 Å². The smallest absolute Gasteiger partial charge is 0.230 e. The number of carbonyl (C=O) groups is 1. The predicted octanol–water partition coefficient (Wildman–Crippen LogP) is 1.14. The molecule has 0 unspecified atom stereocenters. The molecule has 1 spiro atoms. The van der Waals surface area contributed by atoms with Gasteiger partial charge in [0.1, 0.15) is 0 Å². The van der Waals surface area contributed by atoms with Crippen LogP contribution in [0, 0.1) is 5.41 Å². The summed E-state index contributed by atoms with van der Waals surface area (Å²) in [7, 11) is 0. The first-order valence-electron chi connectivity index (χ1n) is 5.81. The van der Waals surface area contributed by atoms with Gasteiger partial charge in [-0.3, -0.25) is 4.79 Å². The minimum atomic E-state index is -0.172. The van der Waals surface area contributed by atoms with E-state index in [1.54, 1.807) is 0 Å². The Morgan fingerprint density at radius 2 is 2.00 bits per heavy atom. The Kier molecular flexibility index (Phi) is 2.04. The second kappa shape index (κ2) is 3.32. The van der Waals surface area contributed by atoms with Crippen LogP contribution >= 0.6 is 0 Å². The van der Waals surface area contributed by atoms with Gasteiger partial charge in [-0.15, -0.1) is 0 Å². The average molecular weight is 216 g/mol. The van der Waals surface area contributed by atoms with E-state index in [0.29, 0.717) is 13.1 Å². The normalized spacial score (nSPS) is 26.4. The van der Waals surface area contributed by atoms with E-state index in [9.17, 15) is 4.79 Å². The number of likely N-dealkylation sites (tertiary alicyclic amines) is 1. The molecule has 1 saturated heterocycles. The summed E-state index contributed by atoms with van der Waals surface area (Å²) < 4.78 is 0. The molecule has 0 bridgehead atoms. The number of nitrogens with zero attached hydrogens (tertiary/aromatic N) is 1. The molecule has 84 valence electrons. The topological polar surface area (TPSA) is 46.3 Å². The van der Waals surface area contributed by atoms with Crippen LogP contribution in [0.5, 0.6) is 0 Å². The van der Waals surface area contributed by atoms with Gasteiger partial charge in [-0.2, -0.15) is 0 Å². The zero-order valence-electron chi connectivity index (χ0n) is 9.23. The van der Waals surface area contributed by atoms with Crippen LogP contribution in [0.2, 0.25) is 0 Å². The monoisotopic (exact) mass is 216 g/mol. The molecule has 3 rings (SSSR count). The predicted molar refractivity (Wildman–Crippen MR) is 61.5 cm³/mol. The van der Waals surface area contributed by atoms with Gasteiger partial charge in [0, 0.05) is 19.1 Å². The number of nitrogens with two attached hydrogens (primary N) is 1. The van der Waals surface area contributed by atoms with Gasteiger partial charge in [-0.25, -0.2) is 0 Å². The maximum absolute atomic E-state index is 12.2. The van der Waals surface area contributed by atoms with E-state index in [1.165, 1.54) is 5.56 Å². The lowest BCUT2D eigenvalue weighted by molar-refractivity contribution is -0.132. The Hall–Kier alpha value is -1.35. The van der Waals surface area contributed by atoms with Gasteiger partial charge in [-0.1, -0.05) is 30.3 Å². The summed E-state index contributed by atoms with van der Waals surface area (Å²) in [6, 6.07) is 10.1. The zero-order valence-corrected chi connectivity index (χ0v) is 9.23. The number of hydrogen-bond donors (Lipinski definition) is 1. The summed E-state index contributed by atoms with van der Waals surface area (Å²) in [5, 5.41) is 0. The fourth-order valence-corrected chi connectivity index (χ4v) is 2.63. The Labute approximate surface area is 95.2 Å². The van der Waals surface area contributed by atoms with Crippen LogP contribution in [0.3, 0.4) is 0 Å². The van der Waals surface area contributed by atoms with Crippen molar-refractivity contribution >= 4 is 5.91 Å². The highest BCUT2D eigenvalue weighted by Crippen LogP contribution is 2.53. The summed E-state index contributed by atoms with van der Waals surface area (Å²) in [4.78, 5) is 14.1. The first-order chi connectivity index (χ1) is 7.72. The minimum Gasteiger partial charge on any atom is -0.336 e. The van der Waals surface area contributed by atoms with Gasteiger partial charge in [0.05, 0.1) is 5.41 Å².